The molecule has 18 atom stereocenters. The number of thiocarbonyl (C=S) groups is 1. The second-order valence-electron chi connectivity index (χ2n) is 42.8. The zero-order chi connectivity index (χ0) is 101. The van der Waals surface area contributed by atoms with E-state index in [9.17, 15) is 42.4 Å². The Kier molecular flexibility index (Phi) is 32.3. The molecule has 0 amide bonds. The van der Waals surface area contributed by atoms with Crippen LogP contribution in [0.4, 0.5) is 0 Å². The highest BCUT2D eigenvalue weighted by molar-refractivity contribution is 7.84. The number of ether oxygens (including phenoxy) is 2. The lowest BCUT2D eigenvalue weighted by atomic mass is 10.1. The molecule has 0 bridgehead atoms. The van der Waals surface area contributed by atoms with Crippen molar-refractivity contribution in [3.63, 3.8) is 0 Å². The molecular formula is C97H140N20O16S3Si3. The van der Waals surface area contributed by atoms with Crippen molar-refractivity contribution in [1.29, 1.82) is 0 Å². The maximum Gasteiger partial charge on any atom is 0.353 e. The fraction of sp³-hybridized carbons (Fsp3) is 0.577. The highest BCUT2D eigenvalue weighted by Crippen LogP contribution is 2.49. The first-order valence-corrected chi connectivity index (χ1v) is 59.9. The van der Waals surface area contributed by atoms with Crippen LogP contribution in [0.1, 0.15) is 184 Å². The predicted octanol–water partition coefficient (Wildman–Crippen LogP) is 14.7. The van der Waals surface area contributed by atoms with Crippen molar-refractivity contribution in [3.05, 3.63) is 170 Å². The molecule has 19 rings (SSSR count). The van der Waals surface area contributed by atoms with Gasteiger partial charge in [0.05, 0.1) is 89.8 Å². The van der Waals surface area contributed by atoms with Gasteiger partial charge in [-0.1, -0.05) is 86.6 Å². The van der Waals surface area contributed by atoms with Gasteiger partial charge in [-0.05, 0) is 190 Å². The zero-order valence-electron chi connectivity index (χ0n) is 83.6. The summed E-state index contributed by atoms with van der Waals surface area (Å²) < 4.78 is 96.3. The molecule has 1 aliphatic heterocycles. The first-order valence-electron chi connectivity index (χ1n) is 47.8. The lowest BCUT2D eigenvalue weighted by molar-refractivity contribution is -0.00365. The predicted molar refractivity (Wildman–Crippen MR) is 545 cm³/mol. The Balaban J connectivity index is 0.000000134. The molecule has 0 spiro atoms. The summed E-state index contributed by atoms with van der Waals surface area (Å²) in [6.07, 6.45) is 33.2. The van der Waals surface area contributed by atoms with Crippen molar-refractivity contribution in [3.8, 4) is 0 Å². The molecular weight excluding hydrogens is 1880 g/mol. The van der Waals surface area contributed by atoms with Gasteiger partial charge >= 0.3 is 25.8 Å². The quantitative estimate of drug-likeness (QED) is 0.0188. The molecule has 12 aromatic heterocycles. The second-order valence-corrected chi connectivity index (χ2v) is 60.0. The van der Waals surface area contributed by atoms with Gasteiger partial charge in [0.25, 0.3) is 0 Å². The van der Waals surface area contributed by atoms with Crippen molar-refractivity contribution < 1.29 is 73.5 Å². The number of fused-ring (bicyclic) bond motifs is 7. The fourth-order valence-corrected chi connectivity index (χ4v) is 23.1. The van der Waals surface area contributed by atoms with E-state index in [1.165, 1.54) is 6.33 Å². The van der Waals surface area contributed by atoms with Gasteiger partial charge in [-0.15, -0.1) is 0 Å². The van der Waals surface area contributed by atoms with Crippen molar-refractivity contribution in [2.75, 3.05) is 39.6 Å². The van der Waals surface area contributed by atoms with Crippen LogP contribution in [0.3, 0.4) is 0 Å². The molecule has 754 valence electrons. The van der Waals surface area contributed by atoms with Crippen LogP contribution in [0, 0.1) is 77.0 Å². The lowest BCUT2D eigenvalue weighted by Gasteiger charge is -2.37. The van der Waals surface area contributed by atoms with E-state index >= 15 is 0 Å². The van der Waals surface area contributed by atoms with E-state index in [1.54, 1.807) is 31.6 Å². The topological polar surface area (TPSA) is 470 Å². The van der Waals surface area contributed by atoms with Gasteiger partial charge in [0.2, 0.25) is 0 Å². The molecule has 9 N–H and O–H groups in total. The third-order valence-electron chi connectivity index (χ3n) is 30.5. The number of hydrogen-bond donors (Lipinski definition) is 7. The highest BCUT2D eigenvalue weighted by Gasteiger charge is 2.54. The second kappa shape index (κ2) is 42.5. The van der Waals surface area contributed by atoms with Gasteiger partial charge in [0, 0.05) is 144 Å². The van der Waals surface area contributed by atoms with Crippen LogP contribution >= 0.6 is 12.2 Å². The molecule has 1 saturated heterocycles. The number of aliphatic hydroxyl groups is 5. The molecule has 0 aromatic carbocycles. The molecule has 139 heavy (non-hydrogen) atoms. The van der Waals surface area contributed by atoms with Gasteiger partial charge in [-0.3, -0.25) is 8.37 Å². The molecule has 12 aromatic rings. The van der Waals surface area contributed by atoms with Crippen LogP contribution < -0.4 is 10.3 Å². The number of allylic oxidation sites excluding steroid dienone is 2. The van der Waals surface area contributed by atoms with E-state index in [4.69, 9.17) is 49.4 Å². The van der Waals surface area contributed by atoms with Crippen molar-refractivity contribution >= 4 is 129 Å². The van der Waals surface area contributed by atoms with Gasteiger partial charge in [-0.25, -0.2) is 70.1 Å². The molecule has 4 saturated carbocycles. The van der Waals surface area contributed by atoms with Crippen LogP contribution in [0.5, 0.6) is 0 Å². The number of rotatable bonds is 22. The molecule has 36 nitrogen and oxygen atoms in total. The summed E-state index contributed by atoms with van der Waals surface area (Å²) in [4.78, 5) is 51.6. The Bertz CT molecular complexity index is 6620. The van der Waals surface area contributed by atoms with Crippen LogP contribution in [0.15, 0.2) is 136 Å². The van der Waals surface area contributed by atoms with Gasteiger partial charge in [-0.2, -0.15) is 16.8 Å². The number of nitrogens with two attached hydrogens (primary N) is 2. The fourth-order valence-electron chi connectivity index (χ4n) is 19.0. The zero-order valence-corrected chi connectivity index (χ0v) is 89.1. The van der Waals surface area contributed by atoms with Gasteiger partial charge in [0.15, 0.2) is 31.1 Å². The van der Waals surface area contributed by atoms with Crippen molar-refractivity contribution in [1.82, 2.24) is 87.2 Å². The van der Waals surface area contributed by atoms with E-state index in [-0.39, 0.29) is 106 Å². The lowest BCUT2D eigenvalue weighted by Crippen LogP contribution is -2.43. The number of hydrogen-bond acceptors (Lipinski definition) is 29. The first-order chi connectivity index (χ1) is 65.3. The third-order valence-corrected chi connectivity index (χ3v) is 45.1. The number of aliphatic hydroxyl groups excluding tert-OH is 5. The minimum atomic E-state index is -3.88. The summed E-state index contributed by atoms with van der Waals surface area (Å²) in [5.41, 5.74) is 11.1. The highest BCUT2D eigenvalue weighted by atomic mass is 32.2. The van der Waals surface area contributed by atoms with Crippen LogP contribution in [-0.2, 0) is 51.7 Å². The summed E-state index contributed by atoms with van der Waals surface area (Å²) in [5, 5.41) is 67.2. The van der Waals surface area contributed by atoms with E-state index < -0.39 is 70.0 Å². The standard InChI is InChI=1S/C20H29N3O3SSi.C19H31N3O3Si.C19H29N3OSi.C13H18N4O3S.C13H16N4O3S.C13H17N3O3/c1-12-14-7-8-23(18(14)22-11-21-12)15-9-13(16-17(15)26-19(27)25-16)10-24-28(5,6)20(2,3)4;1-12-14-7-8-22(18(14)21-11-20-12)15-9-13(16(23)17(15)24)10-25-26(5,6)19(2,3)4;1-14-17-9-10-22(18(17)21-13-20-14)16-8-7-15(11-16)12-23-24(5,6)19(2,3)4;2*1-9-12-4-5-17(13(12)16-8-15-9)11-3-2-10(6-11)7-20-21(14,18)19;1-7-9-2-3-16(13(9)15-6-14-7)10-4-8(5-17)11(18)12(10)19/h7-8,11,13,15-17H,9-10H2,1-6H3;7-8,11,13,15-17,23-24H,9-10H2,1-6H3;7-10,13,15-16H,11-12H2,1-6H3;4-5,8,10-11H,2-3,6-7H2,1H3,(H2,14,18,19);2-5,8,10-11H,6-7H2,1H3,(H2,14,18,19);2-3,6,8,10-12,17-19H,4-5H2,1H3/t2*13-,15+,16+,17-;15-,16-;2*10-,11-;8-,10+,11+,12-/m000000/s1. The van der Waals surface area contributed by atoms with Crippen LogP contribution in [-0.4, -0.2) is 236 Å². The third kappa shape index (κ3) is 23.9. The summed E-state index contributed by atoms with van der Waals surface area (Å²) in [6, 6.07) is 12.6. The summed E-state index contributed by atoms with van der Waals surface area (Å²) in [5.74, 6) is 0.585. The van der Waals surface area contributed by atoms with Crippen LogP contribution in [0.2, 0.25) is 54.4 Å². The summed E-state index contributed by atoms with van der Waals surface area (Å²) in [6.45, 7) is 47.8. The van der Waals surface area contributed by atoms with E-state index in [2.05, 4.69) is 221 Å². The van der Waals surface area contributed by atoms with E-state index in [0.717, 1.165) is 145 Å². The van der Waals surface area contributed by atoms with Crippen molar-refractivity contribution in [2.45, 2.75) is 282 Å². The Hall–Kier alpha value is -9.04. The minimum Gasteiger partial charge on any atom is -0.449 e. The van der Waals surface area contributed by atoms with Crippen molar-refractivity contribution in [2.24, 2.45) is 45.8 Å². The Morgan fingerprint density at radius 3 is 1.06 bits per heavy atom. The molecule has 0 unspecified atom stereocenters. The SMILES string of the molecule is Cc1ncnc2c1ccn2[C@@H]1C[C@@H](CO)[C@@H](O)[C@H]1O.Cc1ncnc2c1ccn2[C@@H]1C[C@@H](CO[Si](C)(C)C(C)(C)C)[C@@H](O)[C@H]1O.Cc1ncnc2c1ccn2[C@@H]1C[C@@H](CO[Si](C)(C)C(C)(C)C)[C@H]2OC(=S)O[C@H]21.Cc1ncnc2c1ccn2[C@H]1C=C[C@H](COS(N)(=O)=O)C1.Cc1ncnc2c1ccn2[C@H]1C=C[C@H](CO[Si](C)(C)C(C)(C)C)C1.Cc1ncnc2c1ccn2[C@H]1CC[C@H](COS(N)(=O)=O)C1. The average Bonchev–Trinajstić information content (AvgIpc) is 1.75. The number of aromatic nitrogens is 18. The van der Waals surface area contributed by atoms with Crippen LogP contribution in [0.25, 0.3) is 66.2 Å². The molecule has 0 radical (unpaired) electrons. The molecule has 42 heteroatoms. The Morgan fingerprint density at radius 2 is 0.691 bits per heavy atom. The largest absolute Gasteiger partial charge is 0.449 e. The molecule has 5 fully saturated rings. The smallest absolute Gasteiger partial charge is 0.353 e. The first kappa shape index (κ1) is 106. The number of aryl methyl sites for hydroxylation is 6. The molecule has 13 heterocycles. The van der Waals surface area contributed by atoms with E-state index in [1.807, 2.05) is 112 Å². The summed E-state index contributed by atoms with van der Waals surface area (Å²) in [7, 11) is -13.1. The Labute approximate surface area is 822 Å². The normalized spacial score (nSPS) is 25.5. The minimum absolute atomic E-state index is 0.0220. The maximum absolute atomic E-state index is 10.8. The van der Waals surface area contributed by atoms with Gasteiger partial charge < -0.3 is 75.7 Å². The van der Waals surface area contributed by atoms with Gasteiger partial charge in [0.1, 0.15) is 90.2 Å². The molecule has 6 aliphatic carbocycles. The molecule has 7 aliphatic rings. The monoisotopic (exact) mass is 2020 g/mol. The van der Waals surface area contributed by atoms with E-state index in [0.29, 0.717) is 44.1 Å². The Morgan fingerprint density at radius 1 is 0.381 bits per heavy atom. The number of nitrogens with zero attached hydrogens (tertiary/aromatic N) is 18. The maximum atomic E-state index is 10.8. The summed E-state index contributed by atoms with van der Waals surface area (Å²) >= 11 is 5.23. The average molecular weight is 2020 g/mol.